The Kier molecular flexibility index (Phi) is 5.81. The van der Waals surface area contributed by atoms with Crippen LogP contribution in [0.15, 0.2) is 23.3 Å². The Morgan fingerprint density at radius 3 is 2.68 bits per heavy atom. The molecule has 31 heavy (non-hydrogen) atoms. The van der Waals surface area contributed by atoms with E-state index in [1.807, 2.05) is 19.1 Å². The highest BCUT2D eigenvalue weighted by atomic mass is 16.5. The van der Waals surface area contributed by atoms with Crippen LogP contribution in [-0.4, -0.2) is 23.6 Å². The number of hydrogen-bond donors (Lipinski definition) is 0. The highest BCUT2D eigenvalue weighted by molar-refractivity contribution is 6.02. The van der Waals surface area contributed by atoms with E-state index >= 15 is 0 Å². The molecule has 170 valence electrons. The van der Waals surface area contributed by atoms with Gasteiger partial charge in [-0.2, -0.15) is 0 Å². The second kappa shape index (κ2) is 8.01. The minimum absolute atomic E-state index is 0.0879. The molecule has 0 spiro atoms. The molecule has 0 unspecified atom stereocenters. The van der Waals surface area contributed by atoms with Crippen molar-refractivity contribution in [2.75, 3.05) is 0 Å². The minimum Gasteiger partial charge on any atom is -0.462 e. The molecule has 0 radical (unpaired) electrons. The van der Waals surface area contributed by atoms with Crippen molar-refractivity contribution in [2.45, 2.75) is 92.1 Å². The number of esters is 1. The van der Waals surface area contributed by atoms with Crippen molar-refractivity contribution < 1.29 is 19.1 Å². The summed E-state index contributed by atoms with van der Waals surface area (Å²) in [5, 5.41) is 0. The molecule has 4 rings (SSSR count). The zero-order valence-corrected chi connectivity index (χ0v) is 19.8. The largest absolute Gasteiger partial charge is 0.462 e. The molecule has 4 heteroatoms. The number of ether oxygens (including phenoxy) is 1. The van der Waals surface area contributed by atoms with E-state index in [2.05, 4.69) is 27.7 Å². The fourth-order valence-electron chi connectivity index (χ4n) is 7.64. The SMILES string of the molecule is CCCCC(=O)O[C@@H](C)[C@@H]1CC(=O)[C@@]2(C)CC[C@H]3[C@@H](CCC4=CC(=O)C=C(C)[C@@]43C)[C@H]12. The van der Waals surface area contributed by atoms with Crippen molar-refractivity contribution in [3.8, 4) is 0 Å². The highest BCUT2D eigenvalue weighted by Gasteiger charge is 2.63. The van der Waals surface area contributed by atoms with E-state index in [4.69, 9.17) is 4.74 Å². The van der Waals surface area contributed by atoms with Crippen molar-refractivity contribution in [3.05, 3.63) is 23.3 Å². The lowest BCUT2D eigenvalue weighted by molar-refractivity contribution is -0.154. The van der Waals surface area contributed by atoms with Gasteiger partial charge in [-0.1, -0.05) is 38.3 Å². The number of ketones is 2. The first-order chi connectivity index (χ1) is 14.6. The van der Waals surface area contributed by atoms with Crippen molar-refractivity contribution >= 4 is 17.5 Å². The summed E-state index contributed by atoms with van der Waals surface area (Å²) in [5.74, 6) is 1.54. The summed E-state index contributed by atoms with van der Waals surface area (Å²) >= 11 is 0. The first-order valence-electron chi connectivity index (χ1n) is 12.3. The van der Waals surface area contributed by atoms with Crippen LogP contribution in [0, 0.1) is 34.5 Å². The summed E-state index contributed by atoms with van der Waals surface area (Å²) < 4.78 is 5.87. The van der Waals surface area contributed by atoms with Crippen molar-refractivity contribution in [2.24, 2.45) is 34.5 Å². The van der Waals surface area contributed by atoms with Crippen LogP contribution in [0.1, 0.15) is 86.0 Å². The summed E-state index contributed by atoms with van der Waals surface area (Å²) in [6, 6.07) is 0. The number of carbonyl (C=O) groups is 3. The maximum Gasteiger partial charge on any atom is 0.306 e. The van der Waals surface area contributed by atoms with Crippen molar-refractivity contribution in [1.29, 1.82) is 0 Å². The van der Waals surface area contributed by atoms with Crippen LogP contribution >= 0.6 is 0 Å². The normalized spacial score (nSPS) is 40.3. The standard InChI is InChI=1S/C27H38O4/c1-6-7-8-24(30)31-17(3)21-15-23(29)26(4)12-11-22-20(25(21)26)10-9-18-14-19(28)13-16(2)27(18,22)5/h13-14,17,20-22,25H,6-12,15H2,1-5H3/t17-,20+,21-,22-,25+,26+,27-/m0/s1. The maximum atomic E-state index is 13.2. The van der Waals surface area contributed by atoms with Gasteiger partial charge in [-0.3, -0.25) is 14.4 Å². The summed E-state index contributed by atoms with van der Waals surface area (Å²) in [7, 11) is 0. The monoisotopic (exact) mass is 426 g/mol. The summed E-state index contributed by atoms with van der Waals surface area (Å²) in [6.45, 7) is 10.7. The summed E-state index contributed by atoms with van der Waals surface area (Å²) in [4.78, 5) is 37.8. The Labute approximate surface area is 186 Å². The molecule has 3 fully saturated rings. The lowest BCUT2D eigenvalue weighted by Gasteiger charge is -2.58. The molecule has 0 aromatic carbocycles. The van der Waals surface area contributed by atoms with Gasteiger partial charge in [0, 0.05) is 29.6 Å². The zero-order valence-electron chi connectivity index (χ0n) is 19.8. The second-order valence-electron chi connectivity index (χ2n) is 11.0. The predicted octanol–water partition coefficient (Wildman–Crippen LogP) is 5.60. The first-order valence-corrected chi connectivity index (χ1v) is 12.3. The summed E-state index contributed by atoms with van der Waals surface area (Å²) in [5.41, 5.74) is 2.06. The molecule has 0 aliphatic heterocycles. The number of rotatable bonds is 5. The van der Waals surface area contributed by atoms with Gasteiger partial charge in [-0.25, -0.2) is 0 Å². The third kappa shape index (κ3) is 3.45. The quantitative estimate of drug-likeness (QED) is 0.537. The minimum atomic E-state index is -0.310. The molecule has 4 nitrogen and oxygen atoms in total. The smallest absolute Gasteiger partial charge is 0.306 e. The topological polar surface area (TPSA) is 60.4 Å². The average Bonchev–Trinajstić information content (AvgIpc) is 2.99. The van der Waals surface area contributed by atoms with Crippen LogP contribution in [0.5, 0.6) is 0 Å². The van der Waals surface area contributed by atoms with Gasteiger partial charge in [0.05, 0.1) is 0 Å². The molecule has 7 atom stereocenters. The Bertz CT molecular complexity index is 851. The third-order valence-electron chi connectivity index (χ3n) is 9.51. The molecule has 4 aliphatic rings. The predicted molar refractivity (Wildman–Crippen MR) is 120 cm³/mol. The Morgan fingerprint density at radius 2 is 1.97 bits per heavy atom. The van der Waals surface area contributed by atoms with E-state index in [9.17, 15) is 14.4 Å². The third-order valence-corrected chi connectivity index (χ3v) is 9.51. The molecule has 0 bridgehead atoms. The molecule has 0 N–H and O–H groups in total. The molecule has 3 saturated carbocycles. The van der Waals surface area contributed by atoms with Gasteiger partial charge in [-0.05, 0) is 75.9 Å². The van der Waals surface area contributed by atoms with Gasteiger partial charge in [0.15, 0.2) is 5.78 Å². The Hall–Kier alpha value is -1.71. The Balaban J connectivity index is 1.63. The van der Waals surface area contributed by atoms with Crippen LogP contribution in [-0.2, 0) is 19.1 Å². The first kappa shape index (κ1) is 22.5. The second-order valence-corrected chi connectivity index (χ2v) is 11.0. The van der Waals surface area contributed by atoms with Crippen LogP contribution in [0.3, 0.4) is 0 Å². The molecule has 0 aromatic rings. The number of allylic oxidation sites excluding steroid dienone is 4. The van der Waals surface area contributed by atoms with Gasteiger partial charge in [0.1, 0.15) is 11.9 Å². The van der Waals surface area contributed by atoms with Gasteiger partial charge < -0.3 is 4.74 Å². The van der Waals surface area contributed by atoms with Crippen LogP contribution in [0.25, 0.3) is 0 Å². The highest BCUT2D eigenvalue weighted by Crippen LogP contribution is 2.66. The Morgan fingerprint density at radius 1 is 1.23 bits per heavy atom. The van der Waals surface area contributed by atoms with Gasteiger partial charge >= 0.3 is 5.97 Å². The van der Waals surface area contributed by atoms with Gasteiger partial charge in [0.2, 0.25) is 0 Å². The lowest BCUT2D eigenvalue weighted by Crippen LogP contribution is -2.52. The number of unbranched alkanes of at least 4 members (excludes halogenated alkanes) is 1. The van der Waals surface area contributed by atoms with E-state index in [1.54, 1.807) is 0 Å². The van der Waals surface area contributed by atoms with E-state index in [1.165, 1.54) is 11.1 Å². The molecule has 0 amide bonds. The van der Waals surface area contributed by atoms with Crippen LogP contribution < -0.4 is 0 Å². The number of hydrogen-bond acceptors (Lipinski definition) is 4. The van der Waals surface area contributed by atoms with Crippen LogP contribution in [0.4, 0.5) is 0 Å². The number of fused-ring (bicyclic) bond motifs is 5. The van der Waals surface area contributed by atoms with Crippen molar-refractivity contribution in [3.63, 3.8) is 0 Å². The van der Waals surface area contributed by atoms with Crippen molar-refractivity contribution in [1.82, 2.24) is 0 Å². The van der Waals surface area contributed by atoms with Crippen LogP contribution in [0.2, 0.25) is 0 Å². The molecule has 0 aromatic heterocycles. The molecule has 4 aliphatic carbocycles. The van der Waals surface area contributed by atoms with E-state index in [-0.39, 0.29) is 40.5 Å². The van der Waals surface area contributed by atoms with E-state index < -0.39 is 0 Å². The molecular weight excluding hydrogens is 388 g/mol. The van der Waals surface area contributed by atoms with E-state index in [0.29, 0.717) is 30.5 Å². The fourth-order valence-corrected chi connectivity index (χ4v) is 7.64. The fraction of sp³-hybridized carbons (Fsp3) is 0.741. The van der Waals surface area contributed by atoms with E-state index in [0.717, 1.165) is 38.5 Å². The number of carbonyl (C=O) groups excluding carboxylic acids is 3. The number of Topliss-reactive ketones (excluding diaryl/α,β-unsaturated/α-hetero) is 1. The lowest BCUT2D eigenvalue weighted by atomic mass is 9.46. The van der Waals surface area contributed by atoms with Gasteiger partial charge in [0.25, 0.3) is 0 Å². The zero-order chi connectivity index (χ0) is 22.6. The van der Waals surface area contributed by atoms with Gasteiger partial charge in [-0.15, -0.1) is 0 Å². The summed E-state index contributed by atoms with van der Waals surface area (Å²) in [6.07, 6.45) is 10.1. The molecule has 0 saturated heterocycles. The average molecular weight is 427 g/mol. The molecular formula is C27H38O4. The molecule has 0 heterocycles. The maximum absolute atomic E-state index is 13.2.